The van der Waals surface area contributed by atoms with Gasteiger partial charge in [-0.3, -0.25) is 9.78 Å². The molecule has 0 unspecified atom stereocenters. The van der Waals surface area contributed by atoms with Crippen molar-refractivity contribution in [3.05, 3.63) is 69.1 Å². The second-order valence-corrected chi connectivity index (χ2v) is 6.37. The van der Waals surface area contributed by atoms with Gasteiger partial charge >= 0.3 is 0 Å². The summed E-state index contributed by atoms with van der Waals surface area (Å²) in [7, 11) is 0. The minimum absolute atomic E-state index is 0.00739. The first kappa shape index (κ1) is 17.5. The van der Waals surface area contributed by atoms with Crippen LogP contribution >= 0.6 is 23.2 Å². The Kier molecular flexibility index (Phi) is 4.79. The number of benzene rings is 2. The fraction of sp³-hybridized carbons (Fsp3) is 0.111. The summed E-state index contributed by atoms with van der Waals surface area (Å²) in [5.74, 6) is -1.12. The number of nitrogens with one attached hydrogen (secondary N) is 1. The largest absolute Gasteiger partial charge is 0.380 e. The summed E-state index contributed by atoms with van der Waals surface area (Å²) in [6.45, 7) is 1.93. The number of amides is 1. The van der Waals surface area contributed by atoms with Crippen molar-refractivity contribution in [2.24, 2.45) is 5.73 Å². The van der Waals surface area contributed by atoms with E-state index in [0.29, 0.717) is 27.8 Å². The molecule has 3 aromatic rings. The molecule has 3 N–H and O–H groups in total. The number of hydrogen-bond acceptors (Lipinski definition) is 3. The van der Waals surface area contributed by atoms with E-state index in [1.807, 2.05) is 12.1 Å². The van der Waals surface area contributed by atoms with E-state index in [9.17, 15) is 9.18 Å². The zero-order valence-electron chi connectivity index (χ0n) is 13.2. The van der Waals surface area contributed by atoms with Crippen LogP contribution in [0, 0.1) is 12.7 Å². The average molecular weight is 378 g/mol. The number of nitrogens with two attached hydrogens (primary N) is 1. The molecule has 0 fully saturated rings. The van der Waals surface area contributed by atoms with Crippen molar-refractivity contribution < 1.29 is 9.18 Å². The first-order chi connectivity index (χ1) is 11.9. The van der Waals surface area contributed by atoms with Gasteiger partial charge in [0.1, 0.15) is 5.82 Å². The maximum Gasteiger partial charge on any atom is 0.250 e. The van der Waals surface area contributed by atoms with E-state index in [0.717, 1.165) is 0 Å². The zero-order valence-corrected chi connectivity index (χ0v) is 14.7. The summed E-state index contributed by atoms with van der Waals surface area (Å²) in [6.07, 6.45) is 0. The van der Waals surface area contributed by atoms with Gasteiger partial charge in [0, 0.05) is 33.9 Å². The number of carbonyl (C=O) groups is 1. The van der Waals surface area contributed by atoms with Crippen LogP contribution in [0.25, 0.3) is 10.9 Å². The van der Waals surface area contributed by atoms with Crippen LogP contribution in [0.2, 0.25) is 10.0 Å². The molecule has 2 aromatic carbocycles. The molecule has 3 rings (SSSR count). The Morgan fingerprint density at radius 3 is 2.68 bits per heavy atom. The molecule has 0 saturated heterocycles. The van der Waals surface area contributed by atoms with E-state index < -0.39 is 11.7 Å². The predicted octanol–water partition coefficient (Wildman–Crippen LogP) is 4.70. The number of nitrogens with zero attached hydrogens (tertiary/aromatic N) is 1. The fourth-order valence-corrected chi connectivity index (χ4v) is 3.03. The highest BCUT2D eigenvalue weighted by Crippen LogP contribution is 2.29. The van der Waals surface area contributed by atoms with Gasteiger partial charge in [-0.1, -0.05) is 35.3 Å². The maximum atomic E-state index is 14.2. The number of hydrogen-bond donors (Lipinski definition) is 2. The van der Waals surface area contributed by atoms with Crippen LogP contribution in [0.1, 0.15) is 21.6 Å². The van der Waals surface area contributed by atoms with Crippen molar-refractivity contribution in [3.63, 3.8) is 0 Å². The van der Waals surface area contributed by atoms with E-state index in [1.165, 1.54) is 6.07 Å². The summed E-state index contributed by atoms with van der Waals surface area (Å²) >= 11 is 11.9. The smallest absolute Gasteiger partial charge is 0.250 e. The average Bonchev–Trinajstić information content (AvgIpc) is 2.57. The molecule has 0 bridgehead atoms. The van der Waals surface area contributed by atoms with Gasteiger partial charge < -0.3 is 11.1 Å². The van der Waals surface area contributed by atoms with Crippen molar-refractivity contribution in [2.45, 2.75) is 13.5 Å². The Morgan fingerprint density at radius 1 is 1.24 bits per heavy atom. The maximum absolute atomic E-state index is 14.2. The number of halogens is 3. The number of fused-ring (bicyclic) bond motifs is 1. The van der Waals surface area contributed by atoms with Crippen molar-refractivity contribution in [1.82, 2.24) is 4.98 Å². The lowest BCUT2D eigenvalue weighted by Crippen LogP contribution is -2.12. The first-order valence-corrected chi connectivity index (χ1v) is 8.20. The molecule has 7 heteroatoms. The second kappa shape index (κ2) is 6.86. The molecule has 0 aliphatic carbocycles. The van der Waals surface area contributed by atoms with Crippen molar-refractivity contribution in [2.75, 3.05) is 5.32 Å². The molecule has 0 atom stereocenters. The third-order valence-electron chi connectivity index (χ3n) is 3.83. The first-order valence-electron chi connectivity index (χ1n) is 7.45. The fourth-order valence-electron chi connectivity index (χ4n) is 2.64. The van der Waals surface area contributed by atoms with Crippen LogP contribution in [0.4, 0.5) is 10.1 Å². The molecule has 0 spiro atoms. The third-order valence-corrected chi connectivity index (χ3v) is 4.47. The minimum atomic E-state index is -0.561. The quantitative estimate of drug-likeness (QED) is 0.647. The van der Waals surface area contributed by atoms with Crippen LogP contribution in [0.3, 0.4) is 0 Å². The van der Waals surface area contributed by atoms with Crippen molar-refractivity contribution in [3.8, 4) is 0 Å². The summed E-state index contributed by atoms with van der Waals surface area (Å²) < 4.78 is 14.2. The van der Waals surface area contributed by atoms with Gasteiger partial charge in [-0.15, -0.1) is 0 Å². The Morgan fingerprint density at radius 2 is 1.96 bits per heavy atom. The zero-order chi connectivity index (χ0) is 18.1. The molecule has 0 radical (unpaired) electrons. The summed E-state index contributed by atoms with van der Waals surface area (Å²) in [4.78, 5) is 16.0. The molecule has 0 aliphatic heterocycles. The number of carbonyl (C=O) groups excluding carboxylic acids is 1. The Labute approximate surface area is 153 Å². The van der Waals surface area contributed by atoms with E-state index in [1.54, 1.807) is 25.1 Å². The van der Waals surface area contributed by atoms with Crippen LogP contribution in [0.15, 0.2) is 36.4 Å². The van der Waals surface area contributed by atoms with Gasteiger partial charge in [-0.25, -0.2) is 4.39 Å². The van der Waals surface area contributed by atoms with Gasteiger partial charge in [0.2, 0.25) is 0 Å². The molecular formula is C18H14Cl2FN3O. The topological polar surface area (TPSA) is 68.0 Å². The van der Waals surface area contributed by atoms with E-state index >= 15 is 0 Å². The molecule has 1 heterocycles. The Balaban J connectivity index is 2.04. The molecular weight excluding hydrogens is 364 g/mol. The van der Waals surface area contributed by atoms with Gasteiger partial charge in [0.05, 0.1) is 16.1 Å². The molecule has 1 amide bonds. The van der Waals surface area contributed by atoms with Crippen molar-refractivity contribution in [1.29, 1.82) is 0 Å². The molecule has 128 valence electrons. The highest BCUT2D eigenvalue weighted by atomic mass is 35.5. The lowest BCUT2D eigenvalue weighted by atomic mass is 10.1. The SMILES string of the molecule is Cc1cc(NCc2c(Cl)ccc(Cl)c2F)c2cccc(C(N)=O)c2n1. The lowest BCUT2D eigenvalue weighted by Gasteiger charge is -2.14. The number of anilines is 1. The Hall–Kier alpha value is -2.37. The predicted molar refractivity (Wildman–Crippen MR) is 98.7 cm³/mol. The molecule has 25 heavy (non-hydrogen) atoms. The van der Waals surface area contributed by atoms with Crippen molar-refractivity contribution >= 4 is 45.7 Å². The van der Waals surface area contributed by atoms with E-state index in [4.69, 9.17) is 28.9 Å². The molecule has 4 nitrogen and oxygen atoms in total. The van der Waals surface area contributed by atoms with Crippen LogP contribution < -0.4 is 11.1 Å². The molecule has 0 saturated carbocycles. The van der Waals surface area contributed by atoms with Crippen LogP contribution in [-0.2, 0) is 6.54 Å². The van der Waals surface area contributed by atoms with E-state index in [-0.39, 0.29) is 22.2 Å². The molecule has 0 aliphatic rings. The van der Waals surface area contributed by atoms with Gasteiger partial charge in [-0.05, 0) is 31.2 Å². The highest BCUT2D eigenvalue weighted by molar-refractivity contribution is 6.33. The van der Waals surface area contributed by atoms with Gasteiger partial charge in [0.25, 0.3) is 5.91 Å². The third kappa shape index (κ3) is 3.38. The summed E-state index contributed by atoms with van der Waals surface area (Å²) in [6, 6.07) is 9.92. The Bertz CT molecular complexity index is 992. The standard InChI is InChI=1S/C18H14Cl2FN3O/c1-9-7-15(10-3-2-4-11(18(22)25)17(10)24-9)23-8-12-13(19)5-6-14(20)16(12)21/h2-7H,8H2,1H3,(H2,22,25)(H,23,24). The lowest BCUT2D eigenvalue weighted by molar-refractivity contribution is 0.100. The monoisotopic (exact) mass is 377 g/mol. The van der Waals surface area contributed by atoms with Gasteiger partial charge in [-0.2, -0.15) is 0 Å². The number of pyridine rings is 1. The second-order valence-electron chi connectivity index (χ2n) is 5.55. The van der Waals surface area contributed by atoms with Crippen LogP contribution in [0.5, 0.6) is 0 Å². The summed E-state index contributed by atoms with van der Waals surface area (Å²) in [5, 5.41) is 4.14. The van der Waals surface area contributed by atoms with E-state index in [2.05, 4.69) is 10.3 Å². The highest BCUT2D eigenvalue weighted by Gasteiger charge is 2.14. The normalized spacial score (nSPS) is 10.9. The van der Waals surface area contributed by atoms with Gasteiger partial charge in [0.15, 0.2) is 0 Å². The molecule has 1 aromatic heterocycles. The number of para-hydroxylation sites is 1. The van der Waals surface area contributed by atoms with Crippen LogP contribution in [-0.4, -0.2) is 10.9 Å². The number of aryl methyl sites for hydroxylation is 1. The minimum Gasteiger partial charge on any atom is -0.380 e. The number of aromatic nitrogens is 1. The number of primary amides is 1. The summed E-state index contributed by atoms with van der Waals surface area (Å²) in [5.41, 5.74) is 7.90. The number of rotatable bonds is 4.